The van der Waals surface area contributed by atoms with Crippen molar-refractivity contribution >= 4 is 5.91 Å². The molecule has 0 saturated carbocycles. The SMILES string of the molecule is O=C(c1ccncc1)N1CCC[C@@H](c2noc(-c3ccccn3)n2)C1. The summed E-state index contributed by atoms with van der Waals surface area (Å²) >= 11 is 0. The Labute approximate surface area is 144 Å². The number of hydrogen-bond acceptors (Lipinski definition) is 6. The van der Waals surface area contributed by atoms with Gasteiger partial charge in [-0.15, -0.1) is 0 Å². The zero-order valence-corrected chi connectivity index (χ0v) is 13.6. The lowest BCUT2D eigenvalue weighted by molar-refractivity contribution is 0.0703. The van der Waals surface area contributed by atoms with Gasteiger partial charge in [0.2, 0.25) is 0 Å². The molecule has 0 bridgehead atoms. The van der Waals surface area contributed by atoms with Gasteiger partial charge in [-0.25, -0.2) is 0 Å². The summed E-state index contributed by atoms with van der Waals surface area (Å²) in [5, 5.41) is 4.11. The Hall–Kier alpha value is -3.09. The number of carbonyl (C=O) groups excluding carboxylic acids is 1. The smallest absolute Gasteiger partial charge is 0.276 e. The predicted octanol–water partition coefficient (Wildman–Crippen LogP) is 2.55. The van der Waals surface area contributed by atoms with Crippen LogP contribution >= 0.6 is 0 Å². The lowest BCUT2D eigenvalue weighted by Crippen LogP contribution is -2.39. The van der Waals surface area contributed by atoms with Crippen LogP contribution in [0.4, 0.5) is 0 Å². The molecule has 4 rings (SSSR count). The fraction of sp³-hybridized carbons (Fsp3) is 0.278. The number of carbonyl (C=O) groups is 1. The zero-order chi connectivity index (χ0) is 17.1. The molecule has 3 aromatic rings. The molecule has 1 saturated heterocycles. The van der Waals surface area contributed by atoms with E-state index >= 15 is 0 Å². The lowest BCUT2D eigenvalue weighted by Gasteiger charge is -2.31. The minimum Gasteiger partial charge on any atom is -0.338 e. The van der Waals surface area contributed by atoms with Crippen molar-refractivity contribution < 1.29 is 9.32 Å². The molecule has 1 amide bonds. The molecule has 0 aliphatic carbocycles. The number of pyridine rings is 2. The van der Waals surface area contributed by atoms with E-state index in [1.165, 1.54) is 0 Å². The van der Waals surface area contributed by atoms with Crippen LogP contribution in [0.2, 0.25) is 0 Å². The quantitative estimate of drug-likeness (QED) is 0.731. The summed E-state index contributed by atoms with van der Waals surface area (Å²) in [5.74, 6) is 1.13. The van der Waals surface area contributed by atoms with Crippen molar-refractivity contribution in [1.29, 1.82) is 0 Å². The van der Waals surface area contributed by atoms with E-state index in [9.17, 15) is 4.79 Å². The number of nitrogens with zero attached hydrogens (tertiary/aromatic N) is 5. The van der Waals surface area contributed by atoms with Gasteiger partial charge in [-0.3, -0.25) is 14.8 Å². The molecule has 0 spiro atoms. The number of likely N-dealkylation sites (tertiary alicyclic amines) is 1. The van der Waals surface area contributed by atoms with E-state index in [1.807, 2.05) is 23.1 Å². The summed E-state index contributed by atoms with van der Waals surface area (Å²) in [6.45, 7) is 1.32. The first kappa shape index (κ1) is 15.4. The Morgan fingerprint density at radius 1 is 1.16 bits per heavy atom. The van der Waals surface area contributed by atoms with Crippen molar-refractivity contribution in [2.24, 2.45) is 0 Å². The van der Waals surface area contributed by atoms with Crippen LogP contribution in [0.25, 0.3) is 11.6 Å². The third-order valence-electron chi connectivity index (χ3n) is 4.33. The highest BCUT2D eigenvalue weighted by molar-refractivity contribution is 5.94. The summed E-state index contributed by atoms with van der Waals surface area (Å²) in [6.07, 6.45) is 6.80. The van der Waals surface area contributed by atoms with Crippen molar-refractivity contribution in [2.45, 2.75) is 18.8 Å². The van der Waals surface area contributed by atoms with Crippen LogP contribution in [0.5, 0.6) is 0 Å². The van der Waals surface area contributed by atoms with Gasteiger partial charge >= 0.3 is 0 Å². The highest BCUT2D eigenvalue weighted by Crippen LogP contribution is 2.27. The number of rotatable bonds is 3. The van der Waals surface area contributed by atoms with Crippen LogP contribution in [0.15, 0.2) is 53.4 Å². The van der Waals surface area contributed by atoms with E-state index in [4.69, 9.17) is 4.52 Å². The molecule has 1 fully saturated rings. The number of amides is 1. The second kappa shape index (κ2) is 6.80. The molecule has 0 aromatic carbocycles. The topological polar surface area (TPSA) is 85.0 Å². The molecule has 7 heteroatoms. The first-order valence-corrected chi connectivity index (χ1v) is 8.25. The van der Waals surface area contributed by atoms with Crippen molar-refractivity contribution in [2.75, 3.05) is 13.1 Å². The summed E-state index contributed by atoms with van der Waals surface area (Å²) in [4.78, 5) is 27.1. The Morgan fingerprint density at radius 3 is 2.84 bits per heavy atom. The first-order chi connectivity index (χ1) is 12.3. The zero-order valence-electron chi connectivity index (χ0n) is 13.6. The largest absolute Gasteiger partial charge is 0.338 e. The van der Waals surface area contributed by atoms with Gasteiger partial charge in [0.15, 0.2) is 5.82 Å². The van der Waals surface area contributed by atoms with Gasteiger partial charge in [0.1, 0.15) is 5.69 Å². The minimum absolute atomic E-state index is 0.0144. The lowest BCUT2D eigenvalue weighted by atomic mass is 9.97. The molecule has 0 unspecified atom stereocenters. The monoisotopic (exact) mass is 335 g/mol. The van der Waals surface area contributed by atoms with Crippen LogP contribution in [-0.2, 0) is 0 Å². The second-order valence-electron chi connectivity index (χ2n) is 6.00. The van der Waals surface area contributed by atoms with E-state index in [2.05, 4.69) is 20.1 Å². The molecular formula is C18H17N5O2. The predicted molar refractivity (Wildman–Crippen MR) is 89.6 cm³/mol. The van der Waals surface area contributed by atoms with Crippen molar-refractivity contribution in [1.82, 2.24) is 25.0 Å². The Morgan fingerprint density at radius 2 is 2.04 bits per heavy atom. The summed E-state index contributed by atoms with van der Waals surface area (Å²) < 4.78 is 5.35. The summed E-state index contributed by atoms with van der Waals surface area (Å²) in [5.41, 5.74) is 1.31. The Kier molecular flexibility index (Phi) is 4.20. The maximum absolute atomic E-state index is 12.6. The van der Waals surface area contributed by atoms with Gasteiger partial charge in [-0.1, -0.05) is 11.2 Å². The molecule has 1 aliphatic heterocycles. The van der Waals surface area contributed by atoms with Gasteiger partial charge in [0.25, 0.3) is 11.8 Å². The third kappa shape index (κ3) is 3.26. The van der Waals surface area contributed by atoms with Crippen molar-refractivity contribution in [3.05, 3.63) is 60.3 Å². The van der Waals surface area contributed by atoms with Crippen LogP contribution in [0.3, 0.4) is 0 Å². The molecule has 1 aliphatic rings. The van der Waals surface area contributed by atoms with E-state index in [0.29, 0.717) is 29.5 Å². The fourth-order valence-corrected chi connectivity index (χ4v) is 3.04. The van der Waals surface area contributed by atoms with Gasteiger partial charge in [-0.05, 0) is 37.1 Å². The molecule has 0 N–H and O–H groups in total. The van der Waals surface area contributed by atoms with E-state index < -0.39 is 0 Å². The maximum atomic E-state index is 12.6. The third-order valence-corrected chi connectivity index (χ3v) is 4.33. The molecule has 4 heterocycles. The fourth-order valence-electron chi connectivity index (χ4n) is 3.04. The number of aromatic nitrogens is 4. The standard InChI is InChI=1S/C18H17N5O2/c24-18(13-6-9-19-10-7-13)23-11-3-4-14(12-23)16-21-17(25-22-16)15-5-1-2-8-20-15/h1-2,5-10,14H,3-4,11-12H2/t14-/m1/s1. The van der Waals surface area contributed by atoms with E-state index in [-0.39, 0.29) is 11.8 Å². The summed E-state index contributed by atoms with van der Waals surface area (Å²) in [7, 11) is 0. The van der Waals surface area contributed by atoms with Gasteiger partial charge < -0.3 is 9.42 Å². The van der Waals surface area contributed by atoms with E-state index in [1.54, 1.807) is 30.7 Å². The highest BCUT2D eigenvalue weighted by Gasteiger charge is 2.28. The molecule has 7 nitrogen and oxygen atoms in total. The minimum atomic E-state index is 0.0144. The van der Waals surface area contributed by atoms with Crippen LogP contribution in [0.1, 0.15) is 34.9 Å². The molecule has 3 aromatic heterocycles. The second-order valence-corrected chi connectivity index (χ2v) is 6.00. The molecule has 25 heavy (non-hydrogen) atoms. The molecule has 126 valence electrons. The van der Waals surface area contributed by atoms with Crippen LogP contribution in [-0.4, -0.2) is 44.0 Å². The van der Waals surface area contributed by atoms with Gasteiger partial charge in [0, 0.05) is 43.2 Å². The van der Waals surface area contributed by atoms with Crippen LogP contribution < -0.4 is 0 Å². The van der Waals surface area contributed by atoms with Crippen molar-refractivity contribution in [3.8, 4) is 11.6 Å². The number of piperidine rings is 1. The highest BCUT2D eigenvalue weighted by atomic mass is 16.5. The first-order valence-electron chi connectivity index (χ1n) is 8.25. The molecule has 1 atom stereocenters. The average Bonchev–Trinajstić information content (AvgIpc) is 3.19. The Balaban J connectivity index is 1.50. The average molecular weight is 335 g/mol. The maximum Gasteiger partial charge on any atom is 0.276 e. The Bertz CT molecular complexity index is 850. The van der Waals surface area contributed by atoms with Crippen molar-refractivity contribution in [3.63, 3.8) is 0 Å². The molecule has 0 radical (unpaired) electrons. The van der Waals surface area contributed by atoms with E-state index in [0.717, 1.165) is 19.4 Å². The van der Waals surface area contributed by atoms with Gasteiger partial charge in [-0.2, -0.15) is 4.98 Å². The molecular weight excluding hydrogens is 318 g/mol. The number of hydrogen-bond donors (Lipinski definition) is 0. The van der Waals surface area contributed by atoms with Crippen LogP contribution in [0, 0.1) is 0 Å². The van der Waals surface area contributed by atoms with Gasteiger partial charge in [0.05, 0.1) is 0 Å². The normalized spacial score (nSPS) is 17.4. The summed E-state index contributed by atoms with van der Waals surface area (Å²) in [6, 6.07) is 9.02.